The van der Waals surface area contributed by atoms with Crippen molar-refractivity contribution in [1.29, 1.82) is 0 Å². The van der Waals surface area contributed by atoms with E-state index in [0.717, 1.165) is 6.07 Å². The molecule has 6 heteroatoms. The maximum absolute atomic E-state index is 12.5. The maximum Gasteiger partial charge on any atom is 0.418 e. The van der Waals surface area contributed by atoms with Crippen molar-refractivity contribution in [3.63, 3.8) is 0 Å². The van der Waals surface area contributed by atoms with Gasteiger partial charge in [0, 0.05) is 6.42 Å². The lowest BCUT2D eigenvalue weighted by Gasteiger charge is -2.12. The van der Waals surface area contributed by atoms with Gasteiger partial charge in [0.15, 0.2) is 0 Å². The Kier molecular flexibility index (Phi) is 5.30. The molecule has 16 heavy (non-hydrogen) atoms. The van der Waals surface area contributed by atoms with Crippen molar-refractivity contribution in [1.82, 2.24) is 0 Å². The SMILES string of the molecule is CCC(=O)Nc1ccccc1C(F)(F)F.Cl. The summed E-state index contributed by atoms with van der Waals surface area (Å²) in [5, 5.41) is 2.21. The predicted molar refractivity (Wildman–Crippen MR) is 57.6 cm³/mol. The van der Waals surface area contributed by atoms with Crippen LogP contribution in [0.2, 0.25) is 0 Å². The molecule has 1 aromatic rings. The third kappa shape index (κ3) is 3.73. The highest BCUT2D eigenvalue weighted by atomic mass is 35.5. The summed E-state index contributed by atoms with van der Waals surface area (Å²) < 4.78 is 37.4. The Balaban J connectivity index is 0.00000225. The number of halogens is 4. The molecule has 1 amide bonds. The second kappa shape index (κ2) is 5.75. The molecule has 90 valence electrons. The van der Waals surface area contributed by atoms with Gasteiger partial charge in [-0.3, -0.25) is 4.79 Å². The van der Waals surface area contributed by atoms with Crippen LogP contribution in [0.1, 0.15) is 18.9 Å². The highest BCUT2D eigenvalue weighted by molar-refractivity contribution is 5.91. The Morgan fingerprint density at radius 2 is 1.88 bits per heavy atom. The van der Waals surface area contributed by atoms with Gasteiger partial charge < -0.3 is 5.32 Å². The average Bonchev–Trinajstić information content (AvgIpc) is 2.17. The quantitative estimate of drug-likeness (QED) is 0.859. The first-order valence-electron chi connectivity index (χ1n) is 4.41. The van der Waals surface area contributed by atoms with Crippen LogP contribution in [0.25, 0.3) is 0 Å². The number of hydrogen-bond acceptors (Lipinski definition) is 1. The Bertz CT molecular complexity index is 365. The van der Waals surface area contributed by atoms with Crippen molar-refractivity contribution in [2.45, 2.75) is 19.5 Å². The first-order valence-corrected chi connectivity index (χ1v) is 4.41. The number of carbonyl (C=O) groups is 1. The van der Waals surface area contributed by atoms with E-state index in [-0.39, 0.29) is 24.5 Å². The van der Waals surface area contributed by atoms with Crippen LogP contribution in [-0.2, 0) is 11.0 Å². The summed E-state index contributed by atoms with van der Waals surface area (Å²) in [7, 11) is 0. The van der Waals surface area contributed by atoms with Crippen molar-refractivity contribution < 1.29 is 18.0 Å². The highest BCUT2D eigenvalue weighted by Gasteiger charge is 2.33. The van der Waals surface area contributed by atoms with E-state index in [1.807, 2.05) is 0 Å². The van der Waals surface area contributed by atoms with Crippen LogP contribution < -0.4 is 5.32 Å². The van der Waals surface area contributed by atoms with Crippen LogP contribution in [0.3, 0.4) is 0 Å². The minimum absolute atomic E-state index is 0. The standard InChI is InChI=1S/C10H10F3NO.ClH/c1-2-9(15)14-8-6-4-3-5-7(8)10(11,12)13;/h3-6H,2H2,1H3,(H,14,15);1H. The number of anilines is 1. The first-order chi connectivity index (χ1) is 6.95. The number of hydrogen-bond donors (Lipinski definition) is 1. The first kappa shape index (κ1) is 14.8. The maximum atomic E-state index is 12.5. The molecule has 0 saturated carbocycles. The second-order valence-electron chi connectivity index (χ2n) is 2.95. The second-order valence-corrected chi connectivity index (χ2v) is 2.95. The van der Waals surface area contributed by atoms with E-state index in [1.165, 1.54) is 18.2 Å². The molecule has 0 aliphatic carbocycles. The number of nitrogens with one attached hydrogen (secondary N) is 1. The molecule has 0 aliphatic heterocycles. The van der Waals surface area contributed by atoms with E-state index in [1.54, 1.807) is 6.92 Å². The average molecular weight is 254 g/mol. The van der Waals surface area contributed by atoms with E-state index >= 15 is 0 Å². The van der Waals surface area contributed by atoms with Crippen molar-refractivity contribution >= 4 is 24.0 Å². The highest BCUT2D eigenvalue weighted by Crippen LogP contribution is 2.34. The van der Waals surface area contributed by atoms with Crippen LogP contribution >= 0.6 is 12.4 Å². The predicted octanol–water partition coefficient (Wildman–Crippen LogP) is 3.48. The molecule has 0 heterocycles. The summed E-state index contributed by atoms with van der Waals surface area (Å²) in [6.45, 7) is 1.57. The molecule has 1 N–H and O–H groups in total. The molecule has 1 aromatic carbocycles. The summed E-state index contributed by atoms with van der Waals surface area (Å²) in [5.41, 5.74) is -1.02. The molecule has 1 rings (SSSR count). The van der Waals surface area contributed by atoms with Gasteiger partial charge in [0.05, 0.1) is 11.3 Å². The molecule has 0 atom stereocenters. The van der Waals surface area contributed by atoms with E-state index in [2.05, 4.69) is 5.32 Å². The topological polar surface area (TPSA) is 29.1 Å². The fourth-order valence-electron chi connectivity index (χ4n) is 1.08. The van der Waals surface area contributed by atoms with E-state index < -0.39 is 17.6 Å². The summed E-state index contributed by atoms with van der Waals surface area (Å²) in [5.74, 6) is -0.438. The largest absolute Gasteiger partial charge is 0.418 e. The van der Waals surface area contributed by atoms with Crippen LogP contribution in [0.4, 0.5) is 18.9 Å². The van der Waals surface area contributed by atoms with Gasteiger partial charge in [0.2, 0.25) is 5.91 Å². The summed E-state index contributed by atoms with van der Waals surface area (Å²) in [6, 6.07) is 4.90. The lowest BCUT2D eigenvalue weighted by atomic mass is 10.1. The third-order valence-corrected chi connectivity index (χ3v) is 1.83. The van der Waals surface area contributed by atoms with Crippen LogP contribution in [0.5, 0.6) is 0 Å². The number of benzene rings is 1. The Labute approximate surface area is 97.3 Å². The normalized spacial score (nSPS) is 10.5. The lowest BCUT2D eigenvalue weighted by Crippen LogP contribution is -2.15. The summed E-state index contributed by atoms with van der Waals surface area (Å²) >= 11 is 0. The molecule has 0 fully saturated rings. The molecule has 0 aliphatic rings. The Hall–Kier alpha value is -1.23. The smallest absolute Gasteiger partial charge is 0.326 e. The molecule has 0 bridgehead atoms. The molecular weight excluding hydrogens is 243 g/mol. The van der Waals surface area contributed by atoms with Crippen molar-refractivity contribution in [2.75, 3.05) is 5.32 Å². The molecule has 0 unspecified atom stereocenters. The minimum Gasteiger partial charge on any atom is -0.326 e. The zero-order valence-electron chi connectivity index (χ0n) is 8.47. The zero-order valence-corrected chi connectivity index (χ0v) is 9.28. The van der Waals surface area contributed by atoms with Gasteiger partial charge in [0.25, 0.3) is 0 Å². The van der Waals surface area contributed by atoms with Gasteiger partial charge in [-0.15, -0.1) is 12.4 Å². The number of alkyl halides is 3. The minimum atomic E-state index is -4.45. The third-order valence-electron chi connectivity index (χ3n) is 1.83. The summed E-state index contributed by atoms with van der Waals surface area (Å²) in [6.07, 6.45) is -4.30. The molecule has 0 aromatic heterocycles. The molecule has 2 nitrogen and oxygen atoms in total. The van der Waals surface area contributed by atoms with Crippen molar-refractivity contribution in [3.8, 4) is 0 Å². The van der Waals surface area contributed by atoms with Gasteiger partial charge in [-0.1, -0.05) is 19.1 Å². The zero-order chi connectivity index (χ0) is 11.5. The van der Waals surface area contributed by atoms with Gasteiger partial charge in [-0.2, -0.15) is 13.2 Å². The fraction of sp³-hybridized carbons (Fsp3) is 0.300. The van der Waals surface area contributed by atoms with Crippen molar-refractivity contribution in [2.24, 2.45) is 0 Å². The van der Waals surface area contributed by atoms with Crippen LogP contribution in [-0.4, -0.2) is 5.91 Å². The molecular formula is C10H11ClF3NO. The fourth-order valence-corrected chi connectivity index (χ4v) is 1.08. The van der Waals surface area contributed by atoms with Gasteiger partial charge in [0.1, 0.15) is 0 Å². The molecule has 0 spiro atoms. The van der Waals surface area contributed by atoms with Gasteiger partial charge in [-0.05, 0) is 12.1 Å². The summed E-state index contributed by atoms with van der Waals surface area (Å²) in [4.78, 5) is 11.0. The number of para-hydroxylation sites is 1. The van der Waals surface area contributed by atoms with Gasteiger partial charge in [-0.25, -0.2) is 0 Å². The van der Waals surface area contributed by atoms with E-state index in [0.29, 0.717) is 0 Å². The van der Waals surface area contributed by atoms with Crippen molar-refractivity contribution in [3.05, 3.63) is 29.8 Å². The van der Waals surface area contributed by atoms with Crippen LogP contribution in [0.15, 0.2) is 24.3 Å². The lowest BCUT2D eigenvalue weighted by molar-refractivity contribution is -0.137. The van der Waals surface area contributed by atoms with Gasteiger partial charge >= 0.3 is 6.18 Å². The van der Waals surface area contributed by atoms with Crippen LogP contribution in [0, 0.1) is 0 Å². The number of amides is 1. The Morgan fingerprint density at radius 1 is 1.31 bits per heavy atom. The molecule has 0 saturated heterocycles. The Morgan fingerprint density at radius 3 is 2.38 bits per heavy atom. The van der Waals surface area contributed by atoms with E-state index in [9.17, 15) is 18.0 Å². The monoisotopic (exact) mass is 253 g/mol. The molecule has 0 radical (unpaired) electrons. The number of carbonyl (C=O) groups excluding carboxylic acids is 1. The number of rotatable bonds is 2. The van der Waals surface area contributed by atoms with E-state index in [4.69, 9.17) is 0 Å².